The predicted octanol–water partition coefficient (Wildman–Crippen LogP) is 4.16. The van der Waals surface area contributed by atoms with Gasteiger partial charge in [0, 0.05) is 23.3 Å². The van der Waals surface area contributed by atoms with Crippen molar-refractivity contribution in [1.29, 1.82) is 10.5 Å². The van der Waals surface area contributed by atoms with Gasteiger partial charge in [-0.25, -0.2) is 4.79 Å². The molecule has 0 fully saturated rings. The Kier molecular flexibility index (Phi) is 5.36. The van der Waals surface area contributed by atoms with Gasteiger partial charge in [-0.3, -0.25) is 5.10 Å². The van der Waals surface area contributed by atoms with Gasteiger partial charge in [-0.1, -0.05) is 18.2 Å². The Hall–Kier alpha value is -4.56. The molecule has 3 aromatic rings. The molecule has 2 heterocycles. The van der Waals surface area contributed by atoms with Gasteiger partial charge < -0.3 is 15.7 Å². The number of anilines is 1. The molecule has 32 heavy (non-hydrogen) atoms. The van der Waals surface area contributed by atoms with Gasteiger partial charge in [0.05, 0.1) is 40.3 Å². The van der Waals surface area contributed by atoms with Crippen molar-refractivity contribution in [1.82, 2.24) is 15.5 Å². The summed E-state index contributed by atoms with van der Waals surface area (Å²) in [5.41, 5.74) is 5.32. The van der Waals surface area contributed by atoms with E-state index in [0.29, 0.717) is 23.5 Å². The van der Waals surface area contributed by atoms with E-state index in [1.54, 1.807) is 24.3 Å². The Labute approximate surface area is 184 Å². The standard InChI is InChI=1S/C24H20N6O2/c1-13-19(10-25)22(20(11-26)14(2)28-13)17-7-8-21-18(9-17)23(30-29-21)27-12-15-3-5-16(6-4-15)24(31)32/h3-9,22,28H,12H2,1-2H3,(H,31,32)(H2,27,29,30). The van der Waals surface area contributed by atoms with Crippen LogP contribution in [0.2, 0.25) is 0 Å². The third kappa shape index (κ3) is 3.66. The van der Waals surface area contributed by atoms with Crippen LogP contribution in [0.1, 0.15) is 41.3 Å². The molecule has 0 atom stereocenters. The number of rotatable bonds is 5. The van der Waals surface area contributed by atoms with E-state index in [-0.39, 0.29) is 5.56 Å². The molecule has 0 amide bonds. The van der Waals surface area contributed by atoms with Gasteiger partial charge >= 0.3 is 5.97 Å². The van der Waals surface area contributed by atoms with Crippen LogP contribution in [0.5, 0.6) is 0 Å². The molecule has 2 aromatic carbocycles. The number of hydrogen-bond acceptors (Lipinski definition) is 6. The Morgan fingerprint density at radius 3 is 2.34 bits per heavy atom. The number of nitrogens with one attached hydrogen (secondary N) is 3. The molecule has 0 bridgehead atoms. The molecule has 1 aliphatic rings. The van der Waals surface area contributed by atoms with Crippen LogP contribution in [0.25, 0.3) is 10.9 Å². The second-order valence-corrected chi connectivity index (χ2v) is 7.59. The van der Waals surface area contributed by atoms with Crippen molar-refractivity contribution in [2.45, 2.75) is 26.3 Å². The average Bonchev–Trinajstić information content (AvgIpc) is 3.19. The summed E-state index contributed by atoms with van der Waals surface area (Å²) in [6.07, 6.45) is 0. The number of aromatic nitrogens is 2. The number of carboxylic acids is 1. The van der Waals surface area contributed by atoms with Gasteiger partial charge in [0.25, 0.3) is 0 Å². The summed E-state index contributed by atoms with van der Waals surface area (Å²) in [4.78, 5) is 11.0. The molecule has 0 unspecified atom stereocenters. The number of benzene rings is 2. The minimum atomic E-state index is -0.963. The number of nitriles is 2. The number of carboxylic acid groups (broad SMARTS) is 1. The monoisotopic (exact) mass is 424 g/mol. The summed E-state index contributed by atoms with van der Waals surface area (Å²) in [6, 6.07) is 16.9. The molecule has 8 heteroatoms. The van der Waals surface area contributed by atoms with Crippen molar-refractivity contribution in [3.63, 3.8) is 0 Å². The summed E-state index contributed by atoms with van der Waals surface area (Å²) in [5.74, 6) is -0.770. The van der Waals surface area contributed by atoms with E-state index in [0.717, 1.165) is 33.4 Å². The topological polar surface area (TPSA) is 138 Å². The van der Waals surface area contributed by atoms with E-state index in [2.05, 4.69) is 33.0 Å². The van der Waals surface area contributed by atoms with E-state index in [4.69, 9.17) is 5.11 Å². The van der Waals surface area contributed by atoms with Gasteiger partial charge in [-0.15, -0.1) is 0 Å². The summed E-state index contributed by atoms with van der Waals surface area (Å²) in [7, 11) is 0. The number of carbonyl (C=O) groups is 1. The van der Waals surface area contributed by atoms with Crippen molar-refractivity contribution >= 4 is 22.7 Å². The van der Waals surface area contributed by atoms with E-state index in [9.17, 15) is 15.3 Å². The predicted molar refractivity (Wildman–Crippen MR) is 119 cm³/mol. The highest BCUT2D eigenvalue weighted by Gasteiger charge is 2.29. The largest absolute Gasteiger partial charge is 0.478 e. The number of aromatic amines is 1. The zero-order chi connectivity index (χ0) is 22.8. The summed E-state index contributed by atoms with van der Waals surface area (Å²) in [5, 5.41) is 43.1. The highest BCUT2D eigenvalue weighted by atomic mass is 16.4. The van der Waals surface area contributed by atoms with E-state index >= 15 is 0 Å². The first-order chi connectivity index (χ1) is 15.4. The van der Waals surface area contributed by atoms with Crippen LogP contribution < -0.4 is 10.6 Å². The number of allylic oxidation sites excluding steroid dienone is 4. The van der Waals surface area contributed by atoms with Crippen LogP contribution in [0.3, 0.4) is 0 Å². The highest BCUT2D eigenvalue weighted by Crippen LogP contribution is 2.38. The molecule has 4 rings (SSSR count). The number of dihydropyridines is 1. The minimum Gasteiger partial charge on any atom is -0.478 e. The average molecular weight is 424 g/mol. The summed E-state index contributed by atoms with van der Waals surface area (Å²) >= 11 is 0. The van der Waals surface area contributed by atoms with Crippen molar-refractivity contribution in [2.24, 2.45) is 0 Å². The smallest absolute Gasteiger partial charge is 0.335 e. The minimum absolute atomic E-state index is 0.235. The first kappa shape index (κ1) is 20.7. The van der Waals surface area contributed by atoms with Gasteiger partial charge in [0.15, 0.2) is 5.82 Å². The molecular weight excluding hydrogens is 404 g/mol. The molecule has 0 spiro atoms. The van der Waals surface area contributed by atoms with Gasteiger partial charge in [0.2, 0.25) is 0 Å². The lowest BCUT2D eigenvalue weighted by Crippen LogP contribution is -2.23. The molecule has 0 radical (unpaired) electrons. The summed E-state index contributed by atoms with van der Waals surface area (Å²) in [6.45, 7) is 4.13. The van der Waals surface area contributed by atoms with Crippen LogP contribution in [0.4, 0.5) is 5.82 Å². The van der Waals surface area contributed by atoms with E-state index in [1.807, 2.05) is 32.0 Å². The zero-order valence-electron chi connectivity index (χ0n) is 17.5. The lowest BCUT2D eigenvalue weighted by Gasteiger charge is -2.26. The Bertz CT molecular complexity index is 1330. The van der Waals surface area contributed by atoms with Crippen LogP contribution in [-0.4, -0.2) is 21.3 Å². The number of nitrogens with zero attached hydrogens (tertiary/aromatic N) is 3. The number of H-pyrrole nitrogens is 1. The molecule has 0 saturated carbocycles. The van der Waals surface area contributed by atoms with Crippen molar-refractivity contribution in [3.8, 4) is 12.1 Å². The van der Waals surface area contributed by atoms with Crippen LogP contribution in [0, 0.1) is 22.7 Å². The van der Waals surface area contributed by atoms with E-state index < -0.39 is 11.9 Å². The lowest BCUT2D eigenvalue weighted by atomic mass is 9.81. The maximum atomic E-state index is 11.0. The van der Waals surface area contributed by atoms with Crippen molar-refractivity contribution in [3.05, 3.63) is 81.7 Å². The molecule has 1 aromatic heterocycles. The fourth-order valence-corrected chi connectivity index (χ4v) is 3.92. The third-order valence-electron chi connectivity index (χ3n) is 5.58. The molecule has 4 N–H and O–H groups in total. The zero-order valence-corrected chi connectivity index (χ0v) is 17.5. The fourth-order valence-electron chi connectivity index (χ4n) is 3.92. The number of fused-ring (bicyclic) bond motifs is 1. The Balaban J connectivity index is 1.67. The summed E-state index contributed by atoms with van der Waals surface area (Å²) < 4.78 is 0. The van der Waals surface area contributed by atoms with Gasteiger partial charge in [0.1, 0.15) is 0 Å². The second-order valence-electron chi connectivity index (χ2n) is 7.59. The van der Waals surface area contributed by atoms with E-state index in [1.165, 1.54) is 0 Å². The second kappa shape index (κ2) is 8.29. The van der Waals surface area contributed by atoms with Crippen molar-refractivity contribution < 1.29 is 9.90 Å². The first-order valence-electron chi connectivity index (χ1n) is 9.95. The lowest BCUT2D eigenvalue weighted by molar-refractivity contribution is 0.0697. The highest BCUT2D eigenvalue weighted by molar-refractivity contribution is 5.90. The Morgan fingerprint density at radius 1 is 1.09 bits per heavy atom. The molecule has 8 nitrogen and oxygen atoms in total. The SMILES string of the molecule is CC1=C(C#N)C(c2ccc3[nH]nc(NCc4ccc(C(=O)O)cc4)c3c2)C(C#N)=C(C)N1. The molecule has 0 aliphatic carbocycles. The number of hydrogen-bond donors (Lipinski definition) is 4. The van der Waals surface area contributed by atoms with Gasteiger partial charge in [-0.2, -0.15) is 15.6 Å². The van der Waals surface area contributed by atoms with Crippen LogP contribution >= 0.6 is 0 Å². The fraction of sp³-hybridized carbons (Fsp3) is 0.167. The van der Waals surface area contributed by atoms with Crippen molar-refractivity contribution in [2.75, 3.05) is 5.32 Å². The van der Waals surface area contributed by atoms with Crippen LogP contribution in [0.15, 0.2) is 65.0 Å². The normalized spacial score (nSPS) is 14.1. The molecule has 158 valence electrons. The van der Waals surface area contributed by atoms with Gasteiger partial charge in [-0.05, 0) is 49.2 Å². The van der Waals surface area contributed by atoms with Crippen LogP contribution in [-0.2, 0) is 6.54 Å². The first-order valence-corrected chi connectivity index (χ1v) is 9.95. The Morgan fingerprint density at radius 2 is 1.75 bits per heavy atom. The molecule has 1 aliphatic heterocycles. The quantitative estimate of drug-likeness (QED) is 0.482. The maximum absolute atomic E-state index is 11.0. The molecule has 0 saturated heterocycles. The third-order valence-corrected chi connectivity index (χ3v) is 5.58. The maximum Gasteiger partial charge on any atom is 0.335 e. The molecular formula is C24H20N6O2. The number of aromatic carboxylic acids is 1.